The van der Waals surface area contributed by atoms with Gasteiger partial charge in [0.15, 0.2) is 0 Å². The maximum Gasteiger partial charge on any atom is 0.336 e. The first-order chi connectivity index (χ1) is 9.65. The van der Waals surface area contributed by atoms with Gasteiger partial charge >= 0.3 is 5.97 Å². The Bertz CT molecular complexity index is 647. The molecule has 0 aliphatic carbocycles. The van der Waals surface area contributed by atoms with Crippen LogP contribution in [0.15, 0.2) is 36.4 Å². The van der Waals surface area contributed by atoms with Crippen LogP contribution in [-0.2, 0) is 0 Å². The number of carboxylic acid groups (broad SMARTS) is 1. The lowest BCUT2D eigenvalue weighted by Gasteiger charge is -2.09. The Hall–Kier alpha value is -2.40. The van der Waals surface area contributed by atoms with E-state index in [4.69, 9.17) is 5.73 Å². The fourth-order valence-corrected chi connectivity index (χ4v) is 2.11. The highest BCUT2D eigenvalue weighted by Crippen LogP contribution is 2.23. The van der Waals surface area contributed by atoms with E-state index in [1.165, 1.54) is 6.07 Å². The van der Waals surface area contributed by atoms with Gasteiger partial charge in [0.25, 0.3) is 5.91 Å². The minimum absolute atomic E-state index is 0.132. The second kappa shape index (κ2) is 6.16. The zero-order valence-corrected chi connectivity index (χ0v) is 10.9. The van der Waals surface area contributed by atoms with Gasteiger partial charge in [0.1, 0.15) is 0 Å². The SMILES string of the molecule is NCCCNC(=O)c1cccc2cccc(C(=O)O)c12. The Morgan fingerprint density at radius 3 is 2.35 bits per heavy atom. The van der Waals surface area contributed by atoms with Crippen LogP contribution in [-0.4, -0.2) is 30.1 Å². The molecule has 0 spiro atoms. The van der Waals surface area contributed by atoms with E-state index in [0.29, 0.717) is 30.5 Å². The van der Waals surface area contributed by atoms with E-state index in [1.807, 2.05) is 0 Å². The fourth-order valence-electron chi connectivity index (χ4n) is 2.11. The Kier molecular flexibility index (Phi) is 4.32. The van der Waals surface area contributed by atoms with E-state index in [2.05, 4.69) is 5.32 Å². The van der Waals surface area contributed by atoms with Gasteiger partial charge in [-0.3, -0.25) is 4.79 Å². The summed E-state index contributed by atoms with van der Waals surface area (Å²) in [6, 6.07) is 10.1. The normalized spacial score (nSPS) is 10.4. The lowest BCUT2D eigenvalue weighted by molar-refractivity contribution is 0.0699. The number of benzene rings is 2. The van der Waals surface area contributed by atoms with Gasteiger partial charge in [0.05, 0.1) is 5.56 Å². The lowest BCUT2D eigenvalue weighted by Crippen LogP contribution is -2.26. The van der Waals surface area contributed by atoms with Crippen molar-refractivity contribution in [1.82, 2.24) is 5.32 Å². The van der Waals surface area contributed by atoms with Crippen molar-refractivity contribution in [2.75, 3.05) is 13.1 Å². The molecule has 0 aliphatic rings. The van der Waals surface area contributed by atoms with Crippen LogP contribution in [0.1, 0.15) is 27.1 Å². The van der Waals surface area contributed by atoms with E-state index < -0.39 is 5.97 Å². The molecule has 20 heavy (non-hydrogen) atoms. The highest BCUT2D eigenvalue weighted by Gasteiger charge is 2.15. The largest absolute Gasteiger partial charge is 0.478 e. The number of nitrogens with two attached hydrogens (primary N) is 1. The maximum absolute atomic E-state index is 12.2. The standard InChI is InChI=1S/C15H16N2O3/c16-8-3-9-17-14(18)11-6-1-4-10-5-2-7-12(13(10)11)15(19)20/h1-2,4-7H,3,8-9,16H2,(H,17,18)(H,19,20). The summed E-state index contributed by atoms with van der Waals surface area (Å²) < 4.78 is 0. The maximum atomic E-state index is 12.2. The van der Waals surface area contributed by atoms with E-state index in [9.17, 15) is 14.7 Å². The van der Waals surface area contributed by atoms with E-state index in [1.54, 1.807) is 30.3 Å². The van der Waals surface area contributed by atoms with Crippen molar-refractivity contribution in [3.05, 3.63) is 47.5 Å². The topological polar surface area (TPSA) is 92.4 Å². The molecule has 5 nitrogen and oxygen atoms in total. The van der Waals surface area contributed by atoms with Crippen LogP contribution in [0.25, 0.3) is 10.8 Å². The zero-order valence-electron chi connectivity index (χ0n) is 10.9. The highest BCUT2D eigenvalue weighted by atomic mass is 16.4. The van der Waals surface area contributed by atoms with Crippen LogP contribution in [0, 0.1) is 0 Å². The Balaban J connectivity index is 2.47. The zero-order chi connectivity index (χ0) is 14.5. The van der Waals surface area contributed by atoms with Crippen molar-refractivity contribution in [3.63, 3.8) is 0 Å². The summed E-state index contributed by atoms with van der Waals surface area (Å²) in [5.74, 6) is -1.32. The van der Waals surface area contributed by atoms with Gasteiger partial charge in [-0.15, -0.1) is 0 Å². The second-order valence-corrected chi connectivity index (χ2v) is 4.41. The van der Waals surface area contributed by atoms with Gasteiger partial charge in [-0.05, 0) is 30.5 Å². The van der Waals surface area contributed by atoms with Crippen molar-refractivity contribution in [1.29, 1.82) is 0 Å². The van der Waals surface area contributed by atoms with Gasteiger partial charge in [0.2, 0.25) is 0 Å². The number of carboxylic acids is 1. The third-order valence-electron chi connectivity index (χ3n) is 3.05. The molecule has 0 fully saturated rings. The molecule has 0 unspecified atom stereocenters. The van der Waals surface area contributed by atoms with Crippen LogP contribution in [0.3, 0.4) is 0 Å². The lowest BCUT2D eigenvalue weighted by atomic mass is 9.98. The third kappa shape index (κ3) is 2.78. The summed E-state index contributed by atoms with van der Waals surface area (Å²) in [5, 5.41) is 13.2. The molecule has 1 amide bonds. The van der Waals surface area contributed by atoms with Crippen LogP contribution in [0.4, 0.5) is 0 Å². The molecule has 0 aromatic heterocycles. The number of fused-ring (bicyclic) bond motifs is 1. The van der Waals surface area contributed by atoms with Crippen molar-refractivity contribution in [2.45, 2.75) is 6.42 Å². The average Bonchev–Trinajstić information content (AvgIpc) is 2.46. The molecule has 2 aromatic rings. The summed E-state index contributed by atoms with van der Waals surface area (Å²) in [6.07, 6.45) is 0.683. The molecule has 0 heterocycles. The summed E-state index contributed by atoms with van der Waals surface area (Å²) in [5.41, 5.74) is 5.88. The third-order valence-corrected chi connectivity index (χ3v) is 3.05. The number of amides is 1. The number of nitrogens with one attached hydrogen (secondary N) is 1. The van der Waals surface area contributed by atoms with Gasteiger partial charge < -0.3 is 16.2 Å². The number of hydrogen-bond acceptors (Lipinski definition) is 3. The first kappa shape index (κ1) is 14.0. The van der Waals surface area contributed by atoms with Crippen LogP contribution in [0.5, 0.6) is 0 Å². The van der Waals surface area contributed by atoms with Gasteiger partial charge in [-0.25, -0.2) is 4.79 Å². The molecule has 0 bridgehead atoms. The highest BCUT2D eigenvalue weighted by molar-refractivity contribution is 6.14. The number of rotatable bonds is 5. The minimum Gasteiger partial charge on any atom is -0.478 e. The molecular formula is C15H16N2O3. The Labute approximate surface area is 116 Å². The number of aromatic carboxylic acids is 1. The van der Waals surface area contributed by atoms with Crippen molar-refractivity contribution in [2.24, 2.45) is 5.73 Å². The van der Waals surface area contributed by atoms with Gasteiger partial charge in [-0.1, -0.05) is 24.3 Å². The molecule has 0 aliphatic heterocycles. The molecule has 2 aromatic carbocycles. The van der Waals surface area contributed by atoms with Crippen molar-refractivity contribution < 1.29 is 14.7 Å². The van der Waals surface area contributed by atoms with Crippen molar-refractivity contribution in [3.8, 4) is 0 Å². The molecule has 0 atom stereocenters. The number of carbonyl (C=O) groups excluding carboxylic acids is 1. The molecule has 0 saturated carbocycles. The fraction of sp³-hybridized carbons (Fsp3) is 0.200. The quantitative estimate of drug-likeness (QED) is 0.721. The molecule has 0 radical (unpaired) electrons. The summed E-state index contributed by atoms with van der Waals surface area (Å²) >= 11 is 0. The number of carbonyl (C=O) groups is 2. The number of hydrogen-bond donors (Lipinski definition) is 3. The molecule has 104 valence electrons. The molecule has 4 N–H and O–H groups in total. The van der Waals surface area contributed by atoms with E-state index in [0.717, 1.165) is 5.39 Å². The summed E-state index contributed by atoms with van der Waals surface area (Å²) in [6.45, 7) is 0.969. The summed E-state index contributed by atoms with van der Waals surface area (Å²) in [7, 11) is 0. The Morgan fingerprint density at radius 2 is 1.75 bits per heavy atom. The van der Waals surface area contributed by atoms with Gasteiger partial charge in [-0.2, -0.15) is 0 Å². The van der Waals surface area contributed by atoms with Crippen LogP contribution in [0.2, 0.25) is 0 Å². The smallest absolute Gasteiger partial charge is 0.336 e. The predicted molar refractivity (Wildman–Crippen MR) is 76.9 cm³/mol. The van der Waals surface area contributed by atoms with Crippen LogP contribution < -0.4 is 11.1 Å². The summed E-state index contributed by atoms with van der Waals surface area (Å²) in [4.78, 5) is 23.5. The van der Waals surface area contributed by atoms with Crippen LogP contribution >= 0.6 is 0 Å². The monoisotopic (exact) mass is 272 g/mol. The minimum atomic E-state index is -1.04. The average molecular weight is 272 g/mol. The molecule has 0 saturated heterocycles. The van der Waals surface area contributed by atoms with E-state index in [-0.39, 0.29) is 11.5 Å². The second-order valence-electron chi connectivity index (χ2n) is 4.41. The first-order valence-corrected chi connectivity index (χ1v) is 6.38. The molecule has 5 heteroatoms. The molecule has 2 rings (SSSR count). The van der Waals surface area contributed by atoms with E-state index >= 15 is 0 Å². The van der Waals surface area contributed by atoms with Crippen molar-refractivity contribution >= 4 is 22.6 Å². The first-order valence-electron chi connectivity index (χ1n) is 6.38. The Morgan fingerprint density at radius 1 is 1.10 bits per heavy atom. The predicted octanol–water partition coefficient (Wildman–Crippen LogP) is 1.62. The molecular weight excluding hydrogens is 256 g/mol. The van der Waals surface area contributed by atoms with Gasteiger partial charge in [0, 0.05) is 17.5 Å².